The van der Waals surface area contributed by atoms with Gasteiger partial charge in [0.05, 0.1) is 26.4 Å². The van der Waals surface area contributed by atoms with Crippen molar-refractivity contribution in [1.82, 2.24) is 0 Å². The Kier molecular flexibility index (Phi) is 72.2. The van der Waals surface area contributed by atoms with Gasteiger partial charge in [0.25, 0.3) is 0 Å². The van der Waals surface area contributed by atoms with Gasteiger partial charge in [-0.3, -0.25) is 37.3 Å². The third-order valence-electron chi connectivity index (χ3n) is 19.6. The van der Waals surface area contributed by atoms with Crippen molar-refractivity contribution in [2.24, 2.45) is 11.8 Å². The maximum absolute atomic E-state index is 13.1. The molecule has 600 valence electrons. The summed E-state index contributed by atoms with van der Waals surface area (Å²) in [6.07, 6.45) is 63.7. The van der Waals surface area contributed by atoms with E-state index < -0.39 is 97.5 Å². The third kappa shape index (κ3) is 74.7. The van der Waals surface area contributed by atoms with Gasteiger partial charge >= 0.3 is 39.5 Å². The standard InChI is InChI=1S/C82H160O17P2/c1-7-10-12-14-16-18-32-40-46-52-58-64-79(84)92-70-77(98-81(86)66-60-54-48-42-33-19-17-15-13-11-8-2)72-96-100(88,89)94-68-76(83)69-95-101(90,91)97-73-78(71-93-80(85)65-59-53-47-41-36-30-27-26-28-34-38-44-50-56-62-74(4)5)99-82(87)67-61-55-49-43-37-31-25-23-21-20-22-24-29-35-39-45-51-57-63-75(6)9-3/h74-78,83H,7-73H2,1-6H3,(H,88,89)(H,90,91)/t75?,76-,77+,78+/m0/s1. The fraction of sp³-hybridized carbons (Fsp3) is 0.951. The zero-order chi connectivity index (χ0) is 74.2. The molecule has 19 heteroatoms. The average Bonchev–Trinajstić information content (AvgIpc) is 1.26. The van der Waals surface area contributed by atoms with Gasteiger partial charge in [-0.2, -0.15) is 0 Å². The van der Waals surface area contributed by atoms with Crippen LogP contribution in [0.5, 0.6) is 0 Å². The summed E-state index contributed by atoms with van der Waals surface area (Å²) in [5.74, 6) is -0.436. The average molecular weight is 1480 g/mol. The summed E-state index contributed by atoms with van der Waals surface area (Å²) >= 11 is 0. The number of aliphatic hydroxyl groups is 1. The minimum atomic E-state index is -4.96. The second kappa shape index (κ2) is 73.6. The van der Waals surface area contributed by atoms with Crippen molar-refractivity contribution in [2.75, 3.05) is 39.6 Å². The monoisotopic (exact) mass is 1480 g/mol. The molecule has 0 aromatic rings. The minimum absolute atomic E-state index is 0.107. The van der Waals surface area contributed by atoms with Crippen molar-refractivity contribution in [2.45, 2.75) is 452 Å². The van der Waals surface area contributed by atoms with Gasteiger partial charge < -0.3 is 33.8 Å². The number of hydrogen-bond acceptors (Lipinski definition) is 15. The fourth-order valence-electron chi connectivity index (χ4n) is 12.7. The summed E-state index contributed by atoms with van der Waals surface area (Å²) in [6.45, 7) is 9.72. The lowest BCUT2D eigenvalue weighted by Crippen LogP contribution is -2.30. The molecule has 0 aromatic heterocycles. The first-order valence-electron chi connectivity index (χ1n) is 42.5. The largest absolute Gasteiger partial charge is 0.472 e. The number of esters is 4. The van der Waals surface area contributed by atoms with Crippen LogP contribution >= 0.6 is 15.6 Å². The molecule has 0 aliphatic carbocycles. The second-order valence-corrected chi connectivity index (χ2v) is 33.1. The molecular weight excluding hydrogens is 1320 g/mol. The number of aliphatic hydroxyl groups excluding tert-OH is 1. The van der Waals surface area contributed by atoms with E-state index in [1.54, 1.807) is 0 Å². The van der Waals surface area contributed by atoms with Crippen LogP contribution in [0.1, 0.15) is 433 Å². The molecule has 0 bridgehead atoms. The quantitative estimate of drug-likeness (QED) is 0.0222. The first kappa shape index (κ1) is 99.1. The molecular formula is C82H160O17P2. The number of carbonyl (C=O) groups excluding carboxylic acids is 4. The van der Waals surface area contributed by atoms with Gasteiger partial charge in [0.15, 0.2) is 12.2 Å². The summed E-state index contributed by atoms with van der Waals surface area (Å²) in [5.41, 5.74) is 0. The van der Waals surface area contributed by atoms with Gasteiger partial charge in [-0.25, -0.2) is 9.13 Å². The van der Waals surface area contributed by atoms with Gasteiger partial charge in [0.2, 0.25) is 0 Å². The van der Waals surface area contributed by atoms with Crippen LogP contribution in [0.25, 0.3) is 0 Å². The molecule has 0 aliphatic rings. The Morgan fingerprint density at radius 1 is 0.287 bits per heavy atom. The van der Waals surface area contributed by atoms with E-state index in [9.17, 15) is 43.2 Å². The predicted octanol–water partition coefficient (Wildman–Crippen LogP) is 24.7. The molecule has 3 unspecified atom stereocenters. The van der Waals surface area contributed by atoms with Crippen LogP contribution in [-0.2, 0) is 65.4 Å². The van der Waals surface area contributed by atoms with Crippen LogP contribution < -0.4 is 0 Å². The molecule has 3 N–H and O–H groups in total. The molecule has 0 amide bonds. The first-order valence-corrected chi connectivity index (χ1v) is 45.5. The highest BCUT2D eigenvalue weighted by atomic mass is 31.2. The number of rotatable bonds is 81. The molecule has 0 saturated heterocycles. The van der Waals surface area contributed by atoms with Crippen LogP contribution in [0, 0.1) is 11.8 Å². The number of hydrogen-bond donors (Lipinski definition) is 3. The molecule has 0 fully saturated rings. The first-order chi connectivity index (χ1) is 48.9. The van der Waals surface area contributed by atoms with Gasteiger partial charge in [-0.05, 0) is 37.5 Å². The zero-order valence-electron chi connectivity index (χ0n) is 66.2. The summed E-state index contributed by atoms with van der Waals surface area (Å²) < 4.78 is 68.7. The van der Waals surface area contributed by atoms with E-state index in [4.69, 9.17) is 37.0 Å². The molecule has 0 aliphatic heterocycles. The van der Waals surface area contributed by atoms with Gasteiger partial charge in [-0.15, -0.1) is 0 Å². The molecule has 101 heavy (non-hydrogen) atoms. The molecule has 0 rings (SSSR count). The lowest BCUT2D eigenvalue weighted by molar-refractivity contribution is -0.161. The van der Waals surface area contributed by atoms with E-state index >= 15 is 0 Å². The van der Waals surface area contributed by atoms with Crippen molar-refractivity contribution < 1.29 is 80.2 Å². The Hall–Kier alpha value is -1.94. The van der Waals surface area contributed by atoms with Crippen molar-refractivity contribution in [1.29, 1.82) is 0 Å². The van der Waals surface area contributed by atoms with Crippen molar-refractivity contribution >= 4 is 39.5 Å². The van der Waals surface area contributed by atoms with Crippen LogP contribution in [0.4, 0.5) is 0 Å². The molecule has 0 heterocycles. The Bertz CT molecular complexity index is 1940. The van der Waals surface area contributed by atoms with Gasteiger partial charge in [0.1, 0.15) is 19.3 Å². The van der Waals surface area contributed by atoms with E-state index in [0.29, 0.717) is 25.7 Å². The fourth-order valence-corrected chi connectivity index (χ4v) is 14.3. The van der Waals surface area contributed by atoms with E-state index in [0.717, 1.165) is 102 Å². The number of ether oxygens (including phenoxy) is 4. The lowest BCUT2D eigenvalue weighted by atomic mass is 9.99. The number of carbonyl (C=O) groups is 4. The number of phosphoric acid groups is 2. The van der Waals surface area contributed by atoms with Crippen LogP contribution in [0.2, 0.25) is 0 Å². The highest BCUT2D eigenvalue weighted by molar-refractivity contribution is 7.47. The molecule has 0 spiro atoms. The maximum atomic E-state index is 13.1. The van der Waals surface area contributed by atoms with Crippen LogP contribution in [-0.4, -0.2) is 96.7 Å². The van der Waals surface area contributed by atoms with E-state index in [1.165, 1.54) is 250 Å². The number of unbranched alkanes of at least 4 members (excludes halogenated alkanes) is 50. The molecule has 17 nitrogen and oxygen atoms in total. The topological polar surface area (TPSA) is 237 Å². The Balaban J connectivity index is 5.21. The van der Waals surface area contributed by atoms with Crippen molar-refractivity contribution in [3.8, 4) is 0 Å². The summed E-state index contributed by atoms with van der Waals surface area (Å²) in [4.78, 5) is 73.0. The highest BCUT2D eigenvalue weighted by Crippen LogP contribution is 2.45. The van der Waals surface area contributed by atoms with E-state index in [2.05, 4.69) is 41.5 Å². The summed E-state index contributed by atoms with van der Waals surface area (Å²) in [6, 6.07) is 0. The molecule has 0 saturated carbocycles. The molecule has 0 radical (unpaired) electrons. The predicted molar refractivity (Wildman–Crippen MR) is 414 cm³/mol. The van der Waals surface area contributed by atoms with Crippen LogP contribution in [0.3, 0.4) is 0 Å². The molecule has 6 atom stereocenters. The Morgan fingerprint density at radius 3 is 0.752 bits per heavy atom. The van der Waals surface area contributed by atoms with E-state index in [1.807, 2.05) is 0 Å². The highest BCUT2D eigenvalue weighted by Gasteiger charge is 2.30. The Morgan fingerprint density at radius 2 is 0.505 bits per heavy atom. The van der Waals surface area contributed by atoms with Crippen LogP contribution in [0.15, 0.2) is 0 Å². The normalized spacial score (nSPS) is 14.2. The number of phosphoric ester groups is 2. The second-order valence-electron chi connectivity index (χ2n) is 30.2. The minimum Gasteiger partial charge on any atom is -0.462 e. The molecule has 0 aromatic carbocycles. The summed E-state index contributed by atoms with van der Waals surface area (Å²) in [7, 11) is -9.92. The maximum Gasteiger partial charge on any atom is 0.472 e. The van der Waals surface area contributed by atoms with Crippen molar-refractivity contribution in [3.63, 3.8) is 0 Å². The zero-order valence-corrected chi connectivity index (χ0v) is 68.0. The van der Waals surface area contributed by atoms with E-state index in [-0.39, 0.29) is 25.7 Å². The lowest BCUT2D eigenvalue weighted by Gasteiger charge is -2.21. The SMILES string of the molecule is CCCCCCCCCCCCCC(=O)OC[C@H](COP(=O)(O)OC[C@H](O)COP(=O)(O)OC[C@@H](COC(=O)CCCCCCCCCCCCCCCCC(C)C)OC(=O)CCCCCCCCCCCCCCCCCCCCC(C)CC)OC(=O)CCCCCCCCCCCCC. The Labute approximate surface area is 619 Å². The summed E-state index contributed by atoms with van der Waals surface area (Å²) in [5, 5.41) is 10.6. The third-order valence-corrected chi connectivity index (χ3v) is 21.5. The van der Waals surface area contributed by atoms with Gasteiger partial charge in [-0.1, -0.05) is 382 Å². The smallest absolute Gasteiger partial charge is 0.462 e. The van der Waals surface area contributed by atoms with Gasteiger partial charge in [0, 0.05) is 25.7 Å². The van der Waals surface area contributed by atoms with Crippen molar-refractivity contribution in [3.05, 3.63) is 0 Å².